The molecule has 0 aromatic heterocycles. The first-order valence-electron chi connectivity index (χ1n) is 4.92. The minimum absolute atomic E-state index is 0.134. The molecule has 1 unspecified atom stereocenters. The molecular weight excluding hydrogens is 166 g/mol. The van der Waals surface area contributed by atoms with Gasteiger partial charge >= 0.3 is 5.97 Å². The molecule has 0 saturated heterocycles. The first-order valence-corrected chi connectivity index (χ1v) is 4.92. The van der Waals surface area contributed by atoms with Gasteiger partial charge in [-0.2, -0.15) is 0 Å². The number of carboxylic acid groups (broad SMARTS) is 1. The maximum Gasteiger partial charge on any atom is 0.303 e. The predicted molar refractivity (Wildman–Crippen MR) is 51.3 cm³/mol. The third-order valence-corrected chi connectivity index (χ3v) is 3.47. The summed E-state index contributed by atoms with van der Waals surface area (Å²) in [5.74, 6) is 0.355. The Balaban J connectivity index is 2.74. The van der Waals surface area contributed by atoms with Crippen LogP contribution in [-0.2, 0) is 4.79 Å². The van der Waals surface area contributed by atoms with Gasteiger partial charge in [0.2, 0.25) is 0 Å². The van der Waals surface area contributed by atoms with Crippen molar-refractivity contribution in [3.05, 3.63) is 0 Å². The maximum atomic E-state index is 10.7. The van der Waals surface area contributed by atoms with Crippen molar-refractivity contribution in [2.24, 2.45) is 23.0 Å². The van der Waals surface area contributed by atoms with Gasteiger partial charge in [0.05, 0.1) is 6.42 Å². The zero-order chi connectivity index (χ0) is 10.1. The van der Waals surface area contributed by atoms with Gasteiger partial charge in [-0.15, -0.1) is 0 Å². The van der Waals surface area contributed by atoms with Crippen LogP contribution in [0.1, 0.15) is 33.1 Å². The first kappa shape index (κ1) is 10.5. The van der Waals surface area contributed by atoms with E-state index in [0.717, 1.165) is 12.8 Å². The highest BCUT2D eigenvalue weighted by Gasteiger charge is 2.43. The van der Waals surface area contributed by atoms with E-state index in [-0.39, 0.29) is 11.8 Å². The molecule has 76 valence electrons. The molecule has 1 aliphatic rings. The first-order chi connectivity index (χ1) is 6.00. The van der Waals surface area contributed by atoms with Gasteiger partial charge in [0.1, 0.15) is 0 Å². The van der Waals surface area contributed by atoms with Gasteiger partial charge in [0.15, 0.2) is 0 Å². The number of carboxylic acids is 1. The lowest BCUT2D eigenvalue weighted by molar-refractivity contribution is -0.140. The molecule has 0 aliphatic heterocycles. The van der Waals surface area contributed by atoms with Crippen molar-refractivity contribution in [3.63, 3.8) is 0 Å². The summed E-state index contributed by atoms with van der Waals surface area (Å²) in [4.78, 5) is 10.7. The number of hydrogen-bond donors (Lipinski definition) is 2. The fourth-order valence-electron chi connectivity index (χ4n) is 2.74. The van der Waals surface area contributed by atoms with Gasteiger partial charge in [-0.25, -0.2) is 0 Å². The van der Waals surface area contributed by atoms with E-state index in [1.165, 1.54) is 0 Å². The van der Waals surface area contributed by atoms with Crippen LogP contribution in [0.15, 0.2) is 0 Å². The molecule has 13 heavy (non-hydrogen) atoms. The molecule has 0 aromatic carbocycles. The van der Waals surface area contributed by atoms with E-state index in [0.29, 0.717) is 18.4 Å². The standard InChI is InChI=1S/C10H19NO2/c1-7-3-8(2)10(4-7,6-11)5-9(12)13/h7-8H,3-6,11H2,1-2H3,(H,12,13)/t7?,8-,10+/m0/s1. The minimum Gasteiger partial charge on any atom is -0.481 e. The average Bonchev–Trinajstić information content (AvgIpc) is 2.26. The van der Waals surface area contributed by atoms with Crippen molar-refractivity contribution in [2.45, 2.75) is 33.1 Å². The number of aliphatic carboxylic acids is 1. The normalized spacial score (nSPS) is 39.3. The molecule has 3 N–H and O–H groups in total. The largest absolute Gasteiger partial charge is 0.481 e. The number of carbonyl (C=O) groups is 1. The Bertz CT molecular complexity index is 205. The molecular formula is C10H19NO2. The lowest BCUT2D eigenvalue weighted by Gasteiger charge is -2.30. The summed E-state index contributed by atoms with van der Waals surface area (Å²) in [6.45, 7) is 4.81. The lowest BCUT2D eigenvalue weighted by atomic mass is 9.76. The van der Waals surface area contributed by atoms with Crippen LogP contribution in [0.2, 0.25) is 0 Å². The quantitative estimate of drug-likeness (QED) is 0.700. The van der Waals surface area contributed by atoms with Crippen LogP contribution < -0.4 is 5.73 Å². The summed E-state index contributed by atoms with van der Waals surface area (Å²) >= 11 is 0. The van der Waals surface area contributed by atoms with Crippen molar-refractivity contribution in [1.82, 2.24) is 0 Å². The van der Waals surface area contributed by atoms with Crippen molar-refractivity contribution < 1.29 is 9.90 Å². The highest BCUT2D eigenvalue weighted by molar-refractivity contribution is 5.67. The summed E-state index contributed by atoms with van der Waals surface area (Å²) in [5, 5.41) is 8.82. The van der Waals surface area contributed by atoms with E-state index in [1.807, 2.05) is 0 Å². The van der Waals surface area contributed by atoms with Gasteiger partial charge in [0.25, 0.3) is 0 Å². The summed E-state index contributed by atoms with van der Waals surface area (Å²) in [7, 11) is 0. The SMILES string of the molecule is CC1C[C@H](C)[C@@](CN)(CC(=O)O)C1. The van der Waals surface area contributed by atoms with Crippen molar-refractivity contribution in [1.29, 1.82) is 0 Å². The Morgan fingerprint density at radius 3 is 2.54 bits per heavy atom. The third-order valence-electron chi connectivity index (χ3n) is 3.47. The van der Waals surface area contributed by atoms with Gasteiger partial charge in [-0.05, 0) is 36.6 Å². The zero-order valence-electron chi connectivity index (χ0n) is 8.42. The summed E-state index contributed by atoms with van der Waals surface area (Å²) in [6, 6.07) is 0. The molecule has 0 spiro atoms. The number of nitrogens with two attached hydrogens (primary N) is 1. The Labute approximate surface area is 79.3 Å². The molecule has 3 heteroatoms. The zero-order valence-corrected chi connectivity index (χ0v) is 8.42. The van der Waals surface area contributed by atoms with E-state index in [4.69, 9.17) is 10.8 Å². The maximum absolute atomic E-state index is 10.7. The van der Waals surface area contributed by atoms with Crippen LogP contribution in [0.3, 0.4) is 0 Å². The highest BCUT2D eigenvalue weighted by atomic mass is 16.4. The number of rotatable bonds is 3. The van der Waals surface area contributed by atoms with Crippen LogP contribution in [-0.4, -0.2) is 17.6 Å². The van der Waals surface area contributed by atoms with Crippen molar-refractivity contribution in [3.8, 4) is 0 Å². The minimum atomic E-state index is -0.716. The molecule has 0 aromatic rings. The van der Waals surface area contributed by atoms with E-state index in [2.05, 4.69) is 13.8 Å². The monoisotopic (exact) mass is 185 g/mol. The molecule has 0 radical (unpaired) electrons. The van der Waals surface area contributed by atoms with Gasteiger partial charge in [0, 0.05) is 0 Å². The predicted octanol–water partition coefficient (Wildman–Crippen LogP) is 1.47. The molecule has 0 amide bonds. The molecule has 1 aliphatic carbocycles. The van der Waals surface area contributed by atoms with E-state index in [1.54, 1.807) is 0 Å². The summed E-state index contributed by atoms with van der Waals surface area (Å²) in [6.07, 6.45) is 2.32. The average molecular weight is 185 g/mol. The van der Waals surface area contributed by atoms with Crippen LogP contribution >= 0.6 is 0 Å². The Morgan fingerprint density at radius 2 is 2.23 bits per heavy atom. The van der Waals surface area contributed by atoms with Crippen molar-refractivity contribution in [2.75, 3.05) is 6.54 Å². The second-order valence-corrected chi connectivity index (χ2v) is 4.58. The molecule has 3 atom stereocenters. The smallest absolute Gasteiger partial charge is 0.303 e. The molecule has 0 heterocycles. The highest BCUT2D eigenvalue weighted by Crippen LogP contribution is 2.47. The van der Waals surface area contributed by atoms with E-state index >= 15 is 0 Å². The molecule has 1 saturated carbocycles. The van der Waals surface area contributed by atoms with Crippen LogP contribution in [0, 0.1) is 17.3 Å². The second kappa shape index (κ2) is 3.66. The molecule has 1 fully saturated rings. The van der Waals surface area contributed by atoms with Crippen LogP contribution in [0.25, 0.3) is 0 Å². The summed E-state index contributed by atoms with van der Waals surface area (Å²) < 4.78 is 0. The van der Waals surface area contributed by atoms with Crippen LogP contribution in [0.4, 0.5) is 0 Å². The van der Waals surface area contributed by atoms with E-state index < -0.39 is 5.97 Å². The summed E-state index contributed by atoms with van der Waals surface area (Å²) in [5.41, 5.74) is 5.57. The lowest BCUT2D eigenvalue weighted by Crippen LogP contribution is -2.35. The van der Waals surface area contributed by atoms with Crippen molar-refractivity contribution >= 4 is 5.97 Å². The Hall–Kier alpha value is -0.570. The third kappa shape index (κ3) is 2.02. The topological polar surface area (TPSA) is 63.3 Å². The van der Waals surface area contributed by atoms with Crippen LogP contribution in [0.5, 0.6) is 0 Å². The van der Waals surface area contributed by atoms with Gasteiger partial charge in [-0.1, -0.05) is 13.8 Å². The Morgan fingerprint density at radius 1 is 1.62 bits per heavy atom. The second-order valence-electron chi connectivity index (χ2n) is 4.58. The van der Waals surface area contributed by atoms with Gasteiger partial charge < -0.3 is 10.8 Å². The molecule has 3 nitrogen and oxygen atoms in total. The Kier molecular flexibility index (Phi) is 2.96. The number of hydrogen-bond acceptors (Lipinski definition) is 2. The fraction of sp³-hybridized carbons (Fsp3) is 0.900. The fourth-order valence-corrected chi connectivity index (χ4v) is 2.74. The van der Waals surface area contributed by atoms with Gasteiger partial charge in [-0.3, -0.25) is 4.79 Å². The van der Waals surface area contributed by atoms with E-state index in [9.17, 15) is 4.79 Å². The molecule has 0 bridgehead atoms. The molecule has 1 rings (SSSR count).